The lowest BCUT2D eigenvalue weighted by Gasteiger charge is -2.14. The summed E-state index contributed by atoms with van der Waals surface area (Å²) in [6.45, 7) is 1.91. The first-order valence-corrected chi connectivity index (χ1v) is 8.11. The van der Waals surface area contributed by atoms with Gasteiger partial charge in [-0.25, -0.2) is 0 Å². The number of nitrogens with zero attached hydrogens (tertiary/aromatic N) is 1. The molecule has 1 heterocycles. The van der Waals surface area contributed by atoms with E-state index in [0.717, 1.165) is 22.4 Å². The van der Waals surface area contributed by atoms with Crippen LogP contribution in [0.4, 0.5) is 0 Å². The molecule has 0 saturated heterocycles. The number of rotatable bonds is 3. The SMILES string of the molecule is C#CCC1CC(=O)C(c2cc(-c3ccc(Cl)cn3)ccc2C)C1=O. The van der Waals surface area contributed by atoms with E-state index in [0.29, 0.717) is 11.4 Å². The van der Waals surface area contributed by atoms with Crippen molar-refractivity contribution < 1.29 is 9.59 Å². The predicted molar refractivity (Wildman–Crippen MR) is 93.7 cm³/mol. The first-order valence-electron chi connectivity index (χ1n) is 7.73. The van der Waals surface area contributed by atoms with E-state index < -0.39 is 5.92 Å². The van der Waals surface area contributed by atoms with Gasteiger partial charge in [0, 0.05) is 30.5 Å². The van der Waals surface area contributed by atoms with Gasteiger partial charge >= 0.3 is 0 Å². The van der Waals surface area contributed by atoms with Crippen LogP contribution >= 0.6 is 11.6 Å². The molecule has 0 N–H and O–H groups in total. The average molecular weight is 338 g/mol. The minimum atomic E-state index is -0.712. The topological polar surface area (TPSA) is 47.0 Å². The quantitative estimate of drug-likeness (QED) is 0.628. The van der Waals surface area contributed by atoms with E-state index in [1.807, 2.05) is 31.2 Å². The summed E-state index contributed by atoms with van der Waals surface area (Å²) in [6, 6.07) is 9.30. The molecule has 1 aliphatic rings. The Morgan fingerprint density at radius 3 is 2.75 bits per heavy atom. The number of halogens is 1. The number of aromatic nitrogens is 1. The van der Waals surface area contributed by atoms with Gasteiger partial charge in [-0.15, -0.1) is 12.3 Å². The van der Waals surface area contributed by atoms with E-state index in [1.165, 1.54) is 0 Å². The lowest BCUT2D eigenvalue weighted by molar-refractivity contribution is -0.124. The summed E-state index contributed by atoms with van der Waals surface area (Å²) in [5.74, 6) is 1.31. The zero-order chi connectivity index (χ0) is 17.3. The molecule has 1 aromatic heterocycles. The fourth-order valence-electron chi connectivity index (χ4n) is 3.15. The molecule has 24 heavy (non-hydrogen) atoms. The molecule has 2 aromatic rings. The van der Waals surface area contributed by atoms with E-state index in [1.54, 1.807) is 12.3 Å². The smallest absolute Gasteiger partial charge is 0.152 e. The van der Waals surface area contributed by atoms with Crippen molar-refractivity contribution in [3.05, 3.63) is 52.7 Å². The molecule has 120 valence electrons. The van der Waals surface area contributed by atoms with E-state index in [4.69, 9.17) is 18.0 Å². The van der Waals surface area contributed by atoms with Crippen molar-refractivity contribution in [3.8, 4) is 23.6 Å². The molecular weight excluding hydrogens is 322 g/mol. The Morgan fingerprint density at radius 1 is 1.29 bits per heavy atom. The van der Waals surface area contributed by atoms with Gasteiger partial charge in [0.25, 0.3) is 0 Å². The van der Waals surface area contributed by atoms with Gasteiger partial charge in [-0.1, -0.05) is 23.7 Å². The van der Waals surface area contributed by atoms with Crippen molar-refractivity contribution >= 4 is 23.2 Å². The third kappa shape index (κ3) is 2.98. The molecule has 1 aliphatic carbocycles. The Kier molecular flexibility index (Phi) is 4.51. The van der Waals surface area contributed by atoms with Crippen LogP contribution in [0.1, 0.15) is 29.9 Å². The van der Waals surface area contributed by atoms with Crippen molar-refractivity contribution in [2.24, 2.45) is 5.92 Å². The van der Waals surface area contributed by atoms with Gasteiger partial charge in [0.05, 0.1) is 10.7 Å². The Balaban J connectivity index is 2.01. The second kappa shape index (κ2) is 6.59. The highest BCUT2D eigenvalue weighted by Gasteiger charge is 2.42. The fraction of sp³-hybridized carbons (Fsp3) is 0.250. The standard InChI is InChI=1S/C20H16ClNO2/c1-3-4-14-10-18(23)19(20(14)24)16-9-13(6-5-12(16)2)17-8-7-15(21)11-22-17/h1,5-9,11,14,19H,4,10H2,2H3. The average Bonchev–Trinajstić information content (AvgIpc) is 2.84. The van der Waals surface area contributed by atoms with E-state index in [2.05, 4.69) is 10.9 Å². The third-order valence-corrected chi connectivity index (χ3v) is 4.66. The Labute approximate surface area is 146 Å². The number of hydrogen-bond acceptors (Lipinski definition) is 3. The van der Waals surface area contributed by atoms with Gasteiger partial charge in [0.15, 0.2) is 5.78 Å². The Bertz CT molecular complexity index is 849. The molecule has 3 rings (SSSR count). The molecule has 0 bridgehead atoms. The summed E-state index contributed by atoms with van der Waals surface area (Å²) < 4.78 is 0. The van der Waals surface area contributed by atoms with Crippen molar-refractivity contribution in [3.63, 3.8) is 0 Å². The van der Waals surface area contributed by atoms with Gasteiger partial charge < -0.3 is 0 Å². The number of benzene rings is 1. The molecule has 0 radical (unpaired) electrons. The molecule has 1 aromatic carbocycles. The fourth-order valence-corrected chi connectivity index (χ4v) is 3.27. The monoisotopic (exact) mass is 337 g/mol. The molecule has 1 fully saturated rings. The molecule has 2 atom stereocenters. The molecule has 0 spiro atoms. The predicted octanol–water partition coefficient (Wildman–Crippen LogP) is 3.98. The summed E-state index contributed by atoms with van der Waals surface area (Å²) in [5, 5.41) is 0.560. The normalized spacial score (nSPS) is 20.2. The maximum absolute atomic E-state index is 12.6. The first-order chi connectivity index (χ1) is 11.5. The maximum Gasteiger partial charge on any atom is 0.152 e. The summed E-state index contributed by atoms with van der Waals surface area (Å²) in [5.41, 5.74) is 3.27. The number of carbonyl (C=O) groups is 2. The molecule has 0 aliphatic heterocycles. The van der Waals surface area contributed by atoms with Crippen LogP contribution in [-0.4, -0.2) is 16.6 Å². The van der Waals surface area contributed by atoms with Crippen molar-refractivity contribution in [1.29, 1.82) is 0 Å². The number of carbonyl (C=O) groups excluding carboxylic acids is 2. The number of pyridine rings is 1. The van der Waals surface area contributed by atoms with Crippen LogP contribution in [0.3, 0.4) is 0 Å². The number of ketones is 2. The van der Waals surface area contributed by atoms with Crippen LogP contribution in [0.15, 0.2) is 36.5 Å². The maximum atomic E-state index is 12.6. The van der Waals surface area contributed by atoms with Gasteiger partial charge in [-0.3, -0.25) is 14.6 Å². The lowest BCUT2D eigenvalue weighted by atomic mass is 9.88. The minimum Gasteiger partial charge on any atom is -0.298 e. The molecular formula is C20H16ClNO2. The van der Waals surface area contributed by atoms with Gasteiger partial charge in [0.1, 0.15) is 11.7 Å². The number of hydrogen-bond donors (Lipinski definition) is 0. The molecule has 0 amide bonds. The van der Waals surface area contributed by atoms with Crippen molar-refractivity contribution in [1.82, 2.24) is 4.98 Å². The van der Waals surface area contributed by atoms with E-state index >= 15 is 0 Å². The van der Waals surface area contributed by atoms with E-state index in [-0.39, 0.29) is 23.9 Å². The largest absolute Gasteiger partial charge is 0.298 e. The highest BCUT2D eigenvalue weighted by Crippen LogP contribution is 2.36. The van der Waals surface area contributed by atoms with Crippen molar-refractivity contribution in [2.45, 2.75) is 25.7 Å². The van der Waals surface area contributed by atoms with Crippen LogP contribution in [-0.2, 0) is 9.59 Å². The van der Waals surface area contributed by atoms with Crippen molar-refractivity contribution in [2.75, 3.05) is 0 Å². The van der Waals surface area contributed by atoms with Crippen LogP contribution in [0.5, 0.6) is 0 Å². The minimum absolute atomic E-state index is 0.0513. The summed E-state index contributed by atoms with van der Waals surface area (Å²) in [7, 11) is 0. The Morgan fingerprint density at radius 2 is 2.08 bits per heavy atom. The highest BCUT2D eigenvalue weighted by atomic mass is 35.5. The Hall–Kier alpha value is -2.44. The summed E-state index contributed by atoms with van der Waals surface area (Å²) in [4.78, 5) is 29.3. The number of Topliss-reactive ketones (excluding diaryl/α,β-unsaturated/α-hetero) is 2. The molecule has 3 nitrogen and oxygen atoms in total. The highest BCUT2D eigenvalue weighted by molar-refractivity contribution is 6.30. The van der Waals surface area contributed by atoms with Gasteiger partial charge in [-0.2, -0.15) is 0 Å². The van der Waals surface area contributed by atoms with Crippen LogP contribution in [0, 0.1) is 25.2 Å². The van der Waals surface area contributed by atoms with Gasteiger partial charge in [-0.05, 0) is 36.2 Å². The van der Waals surface area contributed by atoms with Crippen LogP contribution < -0.4 is 0 Å². The van der Waals surface area contributed by atoms with E-state index in [9.17, 15) is 9.59 Å². The summed E-state index contributed by atoms with van der Waals surface area (Å²) >= 11 is 5.88. The number of terminal acetylenes is 1. The third-order valence-electron chi connectivity index (χ3n) is 4.43. The molecule has 1 saturated carbocycles. The summed E-state index contributed by atoms with van der Waals surface area (Å²) in [6.07, 6.45) is 7.44. The van der Waals surface area contributed by atoms with Crippen LogP contribution in [0.25, 0.3) is 11.3 Å². The van der Waals surface area contributed by atoms with Gasteiger partial charge in [0.2, 0.25) is 0 Å². The zero-order valence-corrected chi connectivity index (χ0v) is 14.0. The molecule has 4 heteroatoms. The second-order valence-electron chi connectivity index (χ2n) is 6.04. The van der Waals surface area contributed by atoms with Crippen LogP contribution in [0.2, 0.25) is 5.02 Å². The second-order valence-corrected chi connectivity index (χ2v) is 6.48. The number of aryl methyl sites for hydroxylation is 1. The lowest BCUT2D eigenvalue weighted by Crippen LogP contribution is -2.16. The zero-order valence-electron chi connectivity index (χ0n) is 13.3. The molecule has 2 unspecified atom stereocenters. The first kappa shape index (κ1) is 16.4.